The van der Waals surface area contributed by atoms with E-state index in [-0.39, 0.29) is 30.2 Å². The quantitative estimate of drug-likeness (QED) is 0.834. The average Bonchev–Trinajstić information content (AvgIpc) is 3.35. The molecule has 4 rings (SSSR count). The molecule has 0 unspecified atom stereocenters. The highest BCUT2D eigenvalue weighted by Crippen LogP contribution is 2.41. The number of halogens is 3. The Labute approximate surface area is 163 Å². The minimum atomic E-state index is -4.38. The highest BCUT2D eigenvalue weighted by Gasteiger charge is 2.48. The molecule has 7 nitrogen and oxygen atoms in total. The molecule has 1 fully saturated rings. The van der Waals surface area contributed by atoms with E-state index in [2.05, 4.69) is 15.4 Å². The van der Waals surface area contributed by atoms with E-state index in [1.54, 1.807) is 24.1 Å². The number of methoxy groups -OCH3 is 1. The normalized spacial score (nSPS) is 23.2. The molecule has 0 radical (unpaired) electrons. The van der Waals surface area contributed by atoms with Crippen LogP contribution in [0.4, 0.5) is 19.1 Å². The van der Waals surface area contributed by atoms with Crippen LogP contribution in [0, 0.1) is 5.92 Å². The second-order valence-corrected chi connectivity index (χ2v) is 8.07. The lowest BCUT2D eigenvalue weighted by Crippen LogP contribution is -2.47. The van der Waals surface area contributed by atoms with E-state index < -0.39 is 12.2 Å². The van der Waals surface area contributed by atoms with Crippen LogP contribution in [-0.2, 0) is 0 Å². The van der Waals surface area contributed by atoms with Crippen molar-refractivity contribution in [3.8, 4) is 5.06 Å². The van der Waals surface area contributed by atoms with Crippen LogP contribution in [0.15, 0.2) is 18.5 Å². The van der Waals surface area contributed by atoms with Crippen LogP contribution in [0.2, 0.25) is 0 Å². The van der Waals surface area contributed by atoms with Crippen molar-refractivity contribution in [2.45, 2.75) is 37.5 Å². The number of alkyl halides is 3. The van der Waals surface area contributed by atoms with Gasteiger partial charge in [0.25, 0.3) is 5.91 Å². The molecule has 0 aliphatic carbocycles. The van der Waals surface area contributed by atoms with E-state index in [1.807, 2.05) is 0 Å². The van der Waals surface area contributed by atoms with Crippen LogP contribution in [0.25, 0.3) is 0 Å². The molecular formula is C17H20F3N5O2S. The molecule has 1 N–H and O–H groups in total. The number of aromatic nitrogens is 3. The fourth-order valence-corrected chi connectivity index (χ4v) is 4.72. The monoisotopic (exact) mass is 415 g/mol. The highest BCUT2D eigenvalue weighted by atomic mass is 32.1. The molecule has 2 aliphatic heterocycles. The molecule has 1 saturated heterocycles. The summed E-state index contributed by atoms with van der Waals surface area (Å²) in [5, 5.41) is 7.50. The first-order chi connectivity index (χ1) is 13.4. The molecule has 28 heavy (non-hydrogen) atoms. The zero-order valence-electron chi connectivity index (χ0n) is 15.1. The molecule has 0 spiro atoms. The Bertz CT molecular complexity index is 844. The summed E-state index contributed by atoms with van der Waals surface area (Å²) in [5.41, 5.74) is 0. The summed E-state index contributed by atoms with van der Waals surface area (Å²) in [6, 6.07) is 1.47. The van der Waals surface area contributed by atoms with Crippen LogP contribution in [0.1, 0.15) is 35.0 Å². The number of likely N-dealkylation sites (tertiary alicyclic amines) is 1. The van der Waals surface area contributed by atoms with Crippen molar-refractivity contribution in [2.24, 2.45) is 5.92 Å². The van der Waals surface area contributed by atoms with Crippen molar-refractivity contribution in [3.05, 3.63) is 23.3 Å². The van der Waals surface area contributed by atoms with Crippen molar-refractivity contribution in [1.29, 1.82) is 0 Å². The number of nitrogens with one attached hydrogen (secondary N) is 1. The topological polar surface area (TPSA) is 72.3 Å². The fourth-order valence-electron chi connectivity index (χ4n) is 3.93. The standard InChI is InChI=1S/C17H20F3N5O2S/c1-27-14-3-2-12(28-14)15(26)24-6-4-10(5-7-24)11-8-13(17(18,19)20)25-16(23-11)21-9-22-25/h2-3,9-11,13H,4-8H2,1H3,(H,21,22,23)/t11-,13+/m0/s1. The maximum atomic E-state index is 13.4. The number of rotatable bonds is 3. The zero-order valence-corrected chi connectivity index (χ0v) is 16.0. The van der Waals surface area contributed by atoms with Crippen LogP contribution in [0.3, 0.4) is 0 Å². The second-order valence-electron chi connectivity index (χ2n) is 7.02. The van der Waals surface area contributed by atoms with Gasteiger partial charge in [-0.1, -0.05) is 11.3 Å². The van der Waals surface area contributed by atoms with E-state index in [4.69, 9.17) is 4.74 Å². The van der Waals surface area contributed by atoms with Gasteiger partial charge in [0.1, 0.15) is 6.33 Å². The van der Waals surface area contributed by atoms with Crippen LogP contribution in [-0.4, -0.2) is 58.0 Å². The third kappa shape index (κ3) is 3.54. The number of hydrogen-bond donors (Lipinski definition) is 1. The Balaban J connectivity index is 1.41. The Morgan fingerprint density at radius 1 is 1.32 bits per heavy atom. The van der Waals surface area contributed by atoms with Gasteiger partial charge in [0.2, 0.25) is 5.95 Å². The number of ether oxygens (including phenoxy) is 1. The summed E-state index contributed by atoms with van der Waals surface area (Å²) in [4.78, 5) is 18.9. The molecule has 4 heterocycles. The third-order valence-electron chi connectivity index (χ3n) is 5.43. The molecule has 2 atom stereocenters. The van der Waals surface area contributed by atoms with Gasteiger partial charge in [-0.2, -0.15) is 23.3 Å². The molecule has 1 amide bonds. The first-order valence-corrected chi connectivity index (χ1v) is 9.84. The van der Waals surface area contributed by atoms with E-state index >= 15 is 0 Å². The molecular weight excluding hydrogens is 395 g/mol. The summed E-state index contributed by atoms with van der Waals surface area (Å²) in [6.45, 7) is 1.04. The number of carbonyl (C=O) groups excluding carboxylic acids is 1. The molecule has 2 aromatic heterocycles. The van der Waals surface area contributed by atoms with Gasteiger partial charge in [0.05, 0.1) is 12.0 Å². The Hall–Kier alpha value is -2.30. The van der Waals surface area contributed by atoms with Crippen molar-refractivity contribution >= 4 is 23.2 Å². The van der Waals surface area contributed by atoms with Crippen LogP contribution in [0.5, 0.6) is 5.06 Å². The van der Waals surface area contributed by atoms with E-state index in [9.17, 15) is 18.0 Å². The molecule has 0 bridgehead atoms. The highest BCUT2D eigenvalue weighted by molar-refractivity contribution is 7.15. The van der Waals surface area contributed by atoms with Crippen molar-refractivity contribution in [2.75, 3.05) is 25.5 Å². The maximum absolute atomic E-state index is 13.4. The van der Waals surface area contributed by atoms with Gasteiger partial charge in [-0.15, -0.1) is 0 Å². The largest absolute Gasteiger partial charge is 0.487 e. The van der Waals surface area contributed by atoms with Gasteiger partial charge in [-0.25, -0.2) is 4.68 Å². The molecule has 152 valence electrons. The van der Waals surface area contributed by atoms with Gasteiger partial charge < -0.3 is 15.0 Å². The zero-order chi connectivity index (χ0) is 19.9. The lowest BCUT2D eigenvalue weighted by atomic mass is 9.85. The summed E-state index contributed by atoms with van der Waals surface area (Å²) in [7, 11) is 1.55. The number of nitrogens with zero attached hydrogens (tertiary/aromatic N) is 4. The molecule has 0 saturated carbocycles. The average molecular weight is 415 g/mol. The smallest absolute Gasteiger partial charge is 0.411 e. The summed E-state index contributed by atoms with van der Waals surface area (Å²) in [6.07, 6.45) is -2.03. The number of carbonyl (C=O) groups is 1. The summed E-state index contributed by atoms with van der Waals surface area (Å²) >= 11 is 1.29. The van der Waals surface area contributed by atoms with E-state index in [0.717, 1.165) is 11.0 Å². The predicted molar refractivity (Wildman–Crippen MR) is 96.6 cm³/mol. The summed E-state index contributed by atoms with van der Waals surface area (Å²) < 4.78 is 46.4. The first kappa shape index (κ1) is 19.0. The van der Waals surface area contributed by atoms with Crippen molar-refractivity contribution in [1.82, 2.24) is 19.7 Å². The lowest BCUT2D eigenvalue weighted by molar-refractivity contribution is -0.174. The number of thiophene rings is 1. The Morgan fingerprint density at radius 2 is 2.07 bits per heavy atom. The van der Waals surface area contributed by atoms with E-state index in [1.165, 1.54) is 11.3 Å². The lowest BCUT2D eigenvalue weighted by Gasteiger charge is -2.40. The Morgan fingerprint density at radius 3 is 2.71 bits per heavy atom. The van der Waals surface area contributed by atoms with Gasteiger partial charge in [0, 0.05) is 19.1 Å². The van der Waals surface area contributed by atoms with Crippen molar-refractivity contribution in [3.63, 3.8) is 0 Å². The Kier molecular flexibility index (Phi) is 4.94. The van der Waals surface area contributed by atoms with Gasteiger partial charge >= 0.3 is 6.18 Å². The van der Waals surface area contributed by atoms with Gasteiger partial charge in [-0.05, 0) is 37.3 Å². The van der Waals surface area contributed by atoms with Crippen LogP contribution < -0.4 is 10.1 Å². The SMILES string of the molecule is COc1ccc(C(=O)N2CCC([C@@H]3C[C@H](C(F)(F)F)n4ncnc4N3)CC2)s1. The van der Waals surface area contributed by atoms with Crippen molar-refractivity contribution < 1.29 is 22.7 Å². The number of piperidine rings is 1. The fraction of sp³-hybridized carbons (Fsp3) is 0.588. The minimum absolute atomic E-state index is 0.0391. The van der Waals surface area contributed by atoms with E-state index in [0.29, 0.717) is 35.9 Å². The number of anilines is 1. The number of fused-ring (bicyclic) bond motifs is 1. The van der Waals surface area contributed by atoms with Crippen LogP contribution >= 0.6 is 11.3 Å². The molecule has 2 aromatic rings. The molecule has 11 heteroatoms. The molecule has 2 aliphatic rings. The summed E-state index contributed by atoms with van der Waals surface area (Å²) in [5.74, 6) is 0.135. The van der Waals surface area contributed by atoms with Gasteiger partial charge in [-0.3, -0.25) is 4.79 Å². The molecule has 0 aromatic carbocycles. The second kappa shape index (κ2) is 7.26. The maximum Gasteiger partial charge on any atom is 0.411 e. The number of amides is 1. The number of hydrogen-bond acceptors (Lipinski definition) is 6. The first-order valence-electron chi connectivity index (χ1n) is 9.02. The minimum Gasteiger partial charge on any atom is -0.487 e. The van der Waals surface area contributed by atoms with Gasteiger partial charge in [0.15, 0.2) is 11.1 Å². The predicted octanol–water partition coefficient (Wildman–Crippen LogP) is 3.19. The third-order valence-corrected chi connectivity index (χ3v) is 6.46.